The zero-order valence-electron chi connectivity index (χ0n) is 17.7. The highest BCUT2D eigenvalue weighted by Crippen LogP contribution is 2.49. The summed E-state index contributed by atoms with van der Waals surface area (Å²) >= 11 is 0. The minimum Gasteiger partial charge on any atom is -0.493 e. The zero-order valence-corrected chi connectivity index (χ0v) is 17.7. The standard InChI is InChI=1S/C25H24N2O4/c1-28-22-13-17(14-23(29-2)24(22)30-3)25-27-20(18-11-7-8-12-21(18)31-25)15-19(26-27)16-9-5-4-6-10-16/h4-14,20,25H,15H2,1-3H3/t20-,25+/m1/s1. The van der Waals surface area contributed by atoms with Gasteiger partial charge in [-0.15, -0.1) is 0 Å². The van der Waals surface area contributed by atoms with Gasteiger partial charge in [0.1, 0.15) is 5.75 Å². The molecule has 6 nitrogen and oxygen atoms in total. The Labute approximate surface area is 181 Å². The van der Waals surface area contributed by atoms with E-state index in [2.05, 4.69) is 18.2 Å². The first-order chi connectivity index (χ1) is 15.2. The predicted molar refractivity (Wildman–Crippen MR) is 118 cm³/mol. The molecule has 0 aromatic heterocycles. The number of nitrogens with zero attached hydrogens (tertiary/aromatic N) is 2. The average molecular weight is 416 g/mol. The van der Waals surface area contributed by atoms with Crippen molar-refractivity contribution in [3.8, 4) is 23.0 Å². The Morgan fingerprint density at radius 3 is 2.23 bits per heavy atom. The van der Waals surface area contributed by atoms with Gasteiger partial charge in [-0.05, 0) is 23.8 Å². The molecule has 0 aliphatic carbocycles. The summed E-state index contributed by atoms with van der Waals surface area (Å²) < 4.78 is 23.1. The molecule has 0 radical (unpaired) electrons. The predicted octanol–water partition coefficient (Wildman–Crippen LogP) is 4.95. The molecule has 6 heteroatoms. The lowest BCUT2D eigenvalue weighted by Gasteiger charge is -2.38. The molecule has 158 valence electrons. The second kappa shape index (κ2) is 7.87. The van der Waals surface area contributed by atoms with Gasteiger partial charge in [-0.25, -0.2) is 5.01 Å². The molecule has 0 N–H and O–H groups in total. The summed E-state index contributed by atoms with van der Waals surface area (Å²) in [6.07, 6.45) is 0.389. The summed E-state index contributed by atoms with van der Waals surface area (Å²) in [4.78, 5) is 0. The molecule has 0 unspecified atom stereocenters. The minimum absolute atomic E-state index is 0.0873. The maximum Gasteiger partial charge on any atom is 0.214 e. The third-order valence-corrected chi connectivity index (χ3v) is 5.78. The number of fused-ring (bicyclic) bond motifs is 3. The van der Waals surface area contributed by atoms with Gasteiger partial charge < -0.3 is 18.9 Å². The lowest BCUT2D eigenvalue weighted by atomic mass is 9.96. The minimum atomic E-state index is -0.421. The van der Waals surface area contributed by atoms with E-state index in [0.29, 0.717) is 17.2 Å². The van der Waals surface area contributed by atoms with E-state index in [-0.39, 0.29) is 6.04 Å². The highest BCUT2D eigenvalue weighted by molar-refractivity contribution is 6.01. The number of benzene rings is 3. The van der Waals surface area contributed by atoms with Crippen LogP contribution in [0.5, 0.6) is 23.0 Å². The Kier molecular flexibility index (Phi) is 4.90. The third-order valence-electron chi connectivity index (χ3n) is 5.78. The van der Waals surface area contributed by atoms with Gasteiger partial charge in [0.25, 0.3) is 0 Å². The van der Waals surface area contributed by atoms with Crippen molar-refractivity contribution in [2.45, 2.75) is 18.7 Å². The van der Waals surface area contributed by atoms with Crippen molar-refractivity contribution in [3.63, 3.8) is 0 Å². The van der Waals surface area contributed by atoms with Gasteiger partial charge in [0.2, 0.25) is 12.0 Å². The van der Waals surface area contributed by atoms with E-state index >= 15 is 0 Å². The van der Waals surface area contributed by atoms with E-state index in [4.69, 9.17) is 24.0 Å². The van der Waals surface area contributed by atoms with Gasteiger partial charge in [-0.2, -0.15) is 5.10 Å². The highest BCUT2D eigenvalue weighted by Gasteiger charge is 2.41. The van der Waals surface area contributed by atoms with Crippen LogP contribution in [0.3, 0.4) is 0 Å². The zero-order chi connectivity index (χ0) is 21.4. The first-order valence-electron chi connectivity index (χ1n) is 10.2. The first-order valence-corrected chi connectivity index (χ1v) is 10.2. The average Bonchev–Trinajstić information content (AvgIpc) is 3.29. The lowest BCUT2D eigenvalue weighted by molar-refractivity contribution is -0.0192. The molecule has 2 aliphatic heterocycles. The van der Waals surface area contributed by atoms with Crippen molar-refractivity contribution >= 4 is 5.71 Å². The molecule has 0 saturated heterocycles. The fourth-order valence-electron chi connectivity index (χ4n) is 4.30. The first kappa shape index (κ1) is 19.3. The molecule has 3 aromatic carbocycles. The van der Waals surface area contributed by atoms with Gasteiger partial charge >= 0.3 is 0 Å². The van der Waals surface area contributed by atoms with E-state index in [1.165, 1.54) is 0 Å². The van der Waals surface area contributed by atoms with Crippen LogP contribution < -0.4 is 18.9 Å². The summed E-state index contributed by atoms with van der Waals surface area (Å²) in [5.41, 5.74) is 4.19. The Bertz CT molecular complexity index is 1100. The van der Waals surface area contributed by atoms with E-state index in [1.807, 2.05) is 53.5 Å². The van der Waals surface area contributed by atoms with Crippen molar-refractivity contribution in [1.82, 2.24) is 5.01 Å². The van der Waals surface area contributed by atoms with Gasteiger partial charge in [-0.3, -0.25) is 0 Å². The van der Waals surface area contributed by atoms with Crippen LogP contribution in [0.4, 0.5) is 0 Å². The number of rotatable bonds is 5. The molecule has 0 spiro atoms. The smallest absolute Gasteiger partial charge is 0.214 e. The second-order valence-corrected chi connectivity index (χ2v) is 7.48. The number of hydrogen-bond acceptors (Lipinski definition) is 6. The topological polar surface area (TPSA) is 52.5 Å². The maximum atomic E-state index is 6.46. The molecule has 3 aromatic rings. The number of ether oxygens (including phenoxy) is 4. The molecule has 2 aliphatic rings. The molecule has 2 atom stereocenters. The maximum absolute atomic E-state index is 6.46. The van der Waals surface area contributed by atoms with Crippen molar-refractivity contribution in [2.75, 3.05) is 21.3 Å². The Hall–Kier alpha value is -3.67. The summed E-state index contributed by atoms with van der Waals surface area (Å²) in [7, 11) is 4.82. The van der Waals surface area contributed by atoms with Crippen LogP contribution in [-0.2, 0) is 0 Å². The monoisotopic (exact) mass is 416 g/mol. The molecule has 0 saturated carbocycles. The lowest BCUT2D eigenvalue weighted by Crippen LogP contribution is -2.33. The fraction of sp³-hybridized carbons (Fsp3) is 0.240. The number of hydrogen-bond donors (Lipinski definition) is 0. The molecule has 0 bridgehead atoms. The molecule has 5 rings (SSSR count). The summed E-state index contributed by atoms with van der Waals surface area (Å²) in [6, 6.07) is 22.4. The van der Waals surface area contributed by atoms with Crippen LogP contribution in [-0.4, -0.2) is 32.0 Å². The summed E-state index contributed by atoms with van der Waals surface area (Å²) in [5.74, 6) is 2.59. The number of methoxy groups -OCH3 is 3. The van der Waals surface area contributed by atoms with Crippen molar-refractivity contribution < 1.29 is 18.9 Å². The quantitative estimate of drug-likeness (QED) is 0.589. The summed E-state index contributed by atoms with van der Waals surface area (Å²) in [6.45, 7) is 0. The van der Waals surface area contributed by atoms with E-state index in [0.717, 1.165) is 34.6 Å². The highest BCUT2D eigenvalue weighted by atomic mass is 16.5. The fourth-order valence-corrected chi connectivity index (χ4v) is 4.30. The number of hydrazone groups is 1. The Morgan fingerprint density at radius 2 is 1.55 bits per heavy atom. The van der Waals surface area contributed by atoms with Crippen LogP contribution in [0.2, 0.25) is 0 Å². The van der Waals surface area contributed by atoms with E-state index < -0.39 is 6.23 Å². The Morgan fingerprint density at radius 1 is 0.871 bits per heavy atom. The Balaban J connectivity index is 1.62. The van der Waals surface area contributed by atoms with Gasteiger partial charge in [0.05, 0.1) is 33.1 Å². The van der Waals surface area contributed by atoms with E-state index in [9.17, 15) is 0 Å². The molecule has 0 fully saturated rings. The van der Waals surface area contributed by atoms with Crippen LogP contribution >= 0.6 is 0 Å². The SMILES string of the molecule is COc1cc([C@@H]2Oc3ccccc3[C@H]3CC(c4ccccc4)=NN32)cc(OC)c1OC. The van der Waals surface area contributed by atoms with Gasteiger partial charge in [0, 0.05) is 17.5 Å². The third kappa shape index (κ3) is 3.24. The molecule has 31 heavy (non-hydrogen) atoms. The van der Waals surface area contributed by atoms with Gasteiger partial charge in [0.15, 0.2) is 11.5 Å². The van der Waals surface area contributed by atoms with Crippen LogP contribution in [0.1, 0.15) is 35.4 Å². The van der Waals surface area contributed by atoms with Crippen molar-refractivity contribution in [3.05, 3.63) is 83.4 Å². The normalized spacial score (nSPS) is 19.1. The van der Waals surface area contributed by atoms with Crippen LogP contribution in [0.25, 0.3) is 0 Å². The van der Waals surface area contributed by atoms with Crippen LogP contribution in [0.15, 0.2) is 71.8 Å². The van der Waals surface area contributed by atoms with E-state index in [1.54, 1.807) is 21.3 Å². The summed E-state index contributed by atoms with van der Waals surface area (Å²) in [5, 5.41) is 7.05. The van der Waals surface area contributed by atoms with Gasteiger partial charge in [-0.1, -0.05) is 48.5 Å². The molecule has 2 heterocycles. The number of para-hydroxylation sites is 1. The molecular weight excluding hydrogens is 392 g/mol. The largest absolute Gasteiger partial charge is 0.493 e. The van der Waals surface area contributed by atoms with Crippen molar-refractivity contribution in [2.24, 2.45) is 5.10 Å². The van der Waals surface area contributed by atoms with Crippen LogP contribution in [0, 0.1) is 0 Å². The molecule has 0 amide bonds. The molecular formula is C25H24N2O4. The second-order valence-electron chi connectivity index (χ2n) is 7.48. The van der Waals surface area contributed by atoms with Crippen molar-refractivity contribution in [1.29, 1.82) is 0 Å².